The van der Waals surface area contributed by atoms with Crippen molar-refractivity contribution >= 4 is 17.5 Å². The average molecular weight is 233 g/mol. The van der Waals surface area contributed by atoms with Crippen LogP contribution in [0.15, 0.2) is 12.3 Å². The highest BCUT2D eigenvalue weighted by Gasteiger charge is 2.45. The zero-order valence-electron chi connectivity index (χ0n) is 9.52. The minimum atomic E-state index is -1.34. The number of carbonyl (C=O) groups is 3. The van der Waals surface area contributed by atoms with Crippen molar-refractivity contribution in [3.05, 3.63) is 29.1 Å². The van der Waals surface area contributed by atoms with E-state index in [0.717, 1.165) is 0 Å². The van der Waals surface area contributed by atoms with Crippen LogP contribution >= 0.6 is 0 Å². The van der Waals surface area contributed by atoms with Gasteiger partial charge in [0.05, 0.1) is 12.2 Å². The summed E-state index contributed by atoms with van der Waals surface area (Å²) in [6.45, 7) is 3.41. The molecule has 0 amide bonds. The number of Topliss-reactive ketones (excluding diaryl/α,β-unsaturated/α-hetero) is 2. The van der Waals surface area contributed by atoms with Crippen molar-refractivity contribution < 1.29 is 19.1 Å². The van der Waals surface area contributed by atoms with Crippen LogP contribution in [-0.2, 0) is 9.53 Å². The van der Waals surface area contributed by atoms with E-state index in [0.29, 0.717) is 5.69 Å². The van der Waals surface area contributed by atoms with Crippen LogP contribution in [0, 0.1) is 12.8 Å². The van der Waals surface area contributed by atoms with Gasteiger partial charge in [-0.05, 0) is 19.9 Å². The summed E-state index contributed by atoms with van der Waals surface area (Å²) in [7, 11) is 0. The monoisotopic (exact) mass is 233 g/mol. The lowest BCUT2D eigenvalue weighted by molar-refractivity contribution is -0.144. The lowest BCUT2D eigenvalue weighted by Gasteiger charge is -2.05. The molecule has 1 heterocycles. The molecule has 0 spiro atoms. The number of esters is 1. The second-order valence-corrected chi connectivity index (χ2v) is 3.73. The first-order chi connectivity index (χ1) is 8.07. The number of hydrogen-bond acceptors (Lipinski definition) is 5. The van der Waals surface area contributed by atoms with E-state index in [1.807, 2.05) is 0 Å². The number of aryl methyl sites for hydroxylation is 1. The second kappa shape index (κ2) is 4.08. The van der Waals surface area contributed by atoms with Gasteiger partial charge in [-0.25, -0.2) is 0 Å². The third kappa shape index (κ3) is 1.63. The quantitative estimate of drug-likeness (QED) is 0.561. The minimum Gasteiger partial charge on any atom is -0.465 e. The Balaban J connectivity index is 2.46. The highest BCUT2D eigenvalue weighted by molar-refractivity contribution is 6.34. The first-order valence-corrected chi connectivity index (χ1v) is 5.28. The van der Waals surface area contributed by atoms with Crippen LogP contribution in [0.3, 0.4) is 0 Å². The van der Waals surface area contributed by atoms with Crippen LogP contribution in [-0.4, -0.2) is 29.1 Å². The summed E-state index contributed by atoms with van der Waals surface area (Å²) in [5.41, 5.74) is 0.976. The van der Waals surface area contributed by atoms with Crippen LogP contribution in [0.4, 0.5) is 0 Å². The third-order valence-electron chi connectivity index (χ3n) is 2.70. The Labute approximate surface area is 97.8 Å². The maximum atomic E-state index is 12.0. The van der Waals surface area contributed by atoms with Gasteiger partial charge < -0.3 is 4.74 Å². The van der Waals surface area contributed by atoms with Crippen molar-refractivity contribution in [2.45, 2.75) is 13.8 Å². The second-order valence-electron chi connectivity index (χ2n) is 3.73. The summed E-state index contributed by atoms with van der Waals surface area (Å²) < 4.78 is 4.74. The summed E-state index contributed by atoms with van der Waals surface area (Å²) in [6.07, 6.45) is 1.45. The van der Waals surface area contributed by atoms with Gasteiger partial charge in [-0.1, -0.05) is 0 Å². The molecule has 1 aliphatic carbocycles. The molecule has 0 saturated carbocycles. The number of nitrogens with zero attached hydrogens (tertiary/aromatic N) is 1. The molecule has 0 aliphatic heterocycles. The van der Waals surface area contributed by atoms with Crippen molar-refractivity contribution in [3.63, 3.8) is 0 Å². The molecule has 0 saturated heterocycles. The number of ketones is 2. The van der Waals surface area contributed by atoms with Gasteiger partial charge in [0.1, 0.15) is 0 Å². The lowest BCUT2D eigenvalue weighted by atomic mass is 10.0. The molecule has 1 aromatic heterocycles. The van der Waals surface area contributed by atoms with Crippen LogP contribution in [0.2, 0.25) is 0 Å². The standard InChI is InChI=1S/C12H11NO4/c1-3-17-12(16)9-10(14)7-4-5-13-6(2)8(7)11(9)15/h4-5,9H,3H2,1-2H3. The molecule has 0 bridgehead atoms. The molecule has 1 unspecified atom stereocenters. The van der Waals surface area contributed by atoms with Crippen molar-refractivity contribution in [2.24, 2.45) is 5.92 Å². The van der Waals surface area contributed by atoms with Gasteiger partial charge in [-0.2, -0.15) is 0 Å². The third-order valence-corrected chi connectivity index (χ3v) is 2.70. The molecule has 1 atom stereocenters. The van der Waals surface area contributed by atoms with Crippen LogP contribution in [0.25, 0.3) is 0 Å². The van der Waals surface area contributed by atoms with Gasteiger partial charge in [0.2, 0.25) is 0 Å². The normalized spacial score (nSPS) is 18.1. The highest BCUT2D eigenvalue weighted by Crippen LogP contribution is 2.28. The largest absolute Gasteiger partial charge is 0.465 e. The van der Waals surface area contributed by atoms with Gasteiger partial charge in [0.25, 0.3) is 0 Å². The van der Waals surface area contributed by atoms with Crippen molar-refractivity contribution in [1.29, 1.82) is 0 Å². The molecular weight excluding hydrogens is 222 g/mol. The predicted molar refractivity (Wildman–Crippen MR) is 57.8 cm³/mol. The molecule has 88 valence electrons. The molecule has 5 nitrogen and oxygen atoms in total. The van der Waals surface area contributed by atoms with Crippen molar-refractivity contribution in [2.75, 3.05) is 6.61 Å². The molecule has 0 radical (unpaired) electrons. The predicted octanol–water partition coefficient (Wildman–Crippen LogP) is 0.948. The van der Waals surface area contributed by atoms with E-state index in [9.17, 15) is 14.4 Å². The molecule has 17 heavy (non-hydrogen) atoms. The van der Waals surface area contributed by atoms with Gasteiger partial charge >= 0.3 is 5.97 Å². The first kappa shape index (κ1) is 11.4. The summed E-state index contributed by atoms with van der Waals surface area (Å²) >= 11 is 0. The Morgan fingerprint density at radius 2 is 2.12 bits per heavy atom. The number of aromatic nitrogens is 1. The average Bonchev–Trinajstić information content (AvgIpc) is 2.53. The molecular formula is C12H11NO4. The minimum absolute atomic E-state index is 0.142. The smallest absolute Gasteiger partial charge is 0.324 e. The summed E-state index contributed by atoms with van der Waals surface area (Å²) in [5.74, 6) is -3.12. The Hall–Kier alpha value is -2.04. The Kier molecular flexibility index (Phi) is 2.75. The van der Waals surface area contributed by atoms with Crippen molar-refractivity contribution in [3.8, 4) is 0 Å². The number of rotatable bonds is 2. The Bertz CT molecular complexity index is 521. The first-order valence-electron chi connectivity index (χ1n) is 5.28. The number of pyridine rings is 1. The zero-order valence-corrected chi connectivity index (χ0v) is 9.52. The molecule has 0 N–H and O–H groups in total. The van der Waals surface area contributed by atoms with E-state index in [2.05, 4.69) is 4.98 Å². The lowest BCUT2D eigenvalue weighted by Crippen LogP contribution is -2.27. The van der Waals surface area contributed by atoms with E-state index in [1.54, 1.807) is 13.8 Å². The number of carbonyl (C=O) groups excluding carboxylic acids is 3. The Morgan fingerprint density at radius 1 is 1.41 bits per heavy atom. The number of hydrogen-bond donors (Lipinski definition) is 0. The maximum absolute atomic E-state index is 12.0. The fourth-order valence-corrected chi connectivity index (χ4v) is 1.94. The topological polar surface area (TPSA) is 73.3 Å². The molecule has 1 aliphatic rings. The van der Waals surface area contributed by atoms with Crippen LogP contribution in [0.5, 0.6) is 0 Å². The van der Waals surface area contributed by atoms with Gasteiger partial charge in [-0.15, -0.1) is 0 Å². The van der Waals surface area contributed by atoms with Gasteiger partial charge in [0.15, 0.2) is 17.5 Å². The van der Waals surface area contributed by atoms with E-state index in [1.165, 1.54) is 12.3 Å². The summed E-state index contributed by atoms with van der Waals surface area (Å²) in [6, 6.07) is 1.46. The van der Waals surface area contributed by atoms with Gasteiger partial charge in [-0.3, -0.25) is 19.4 Å². The molecule has 2 rings (SSSR count). The fraction of sp³-hybridized carbons (Fsp3) is 0.333. The molecule has 5 heteroatoms. The number of ether oxygens (including phenoxy) is 1. The van der Waals surface area contributed by atoms with E-state index in [4.69, 9.17) is 4.74 Å². The van der Waals surface area contributed by atoms with Gasteiger partial charge in [0, 0.05) is 17.5 Å². The zero-order chi connectivity index (χ0) is 12.6. The number of fused-ring (bicyclic) bond motifs is 1. The molecule has 0 fully saturated rings. The SMILES string of the molecule is CCOC(=O)C1C(=O)c2ccnc(C)c2C1=O. The fourth-order valence-electron chi connectivity index (χ4n) is 1.94. The summed E-state index contributed by atoms with van der Waals surface area (Å²) in [5, 5.41) is 0. The molecule has 1 aromatic rings. The summed E-state index contributed by atoms with van der Waals surface area (Å²) in [4.78, 5) is 39.4. The highest BCUT2D eigenvalue weighted by atomic mass is 16.5. The van der Waals surface area contributed by atoms with E-state index >= 15 is 0 Å². The maximum Gasteiger partial charge on any atom is 0.324 e. The van der Waals surface area contributed by atoms with Crippen molar-refractivity contribution in [1.82, 2.24) is 4.98 Å². The van der Waals surface area contributed by atoms with Crippen LogP contribution in [0.1, 0.15) is 33.3 Å². The van der Waals surface area contributed by atoms with Crippen LogP contribution < -0.4 is 0 Å². The Morgan fingerprint density at radius 3 is 2.71 bits per heavy atom. The molecule has 0 aromatic carbocycles. The van der Waals surface area contributed by atoms with E-state index in [-0.39, 0.29) is 17.7 Å². The van der Waals surface area contributed by atoms with E-state index < -0.39 is 23.5 Å².